The Morgan fingerprint density at radius 3 is 2.08 bits per heavy atom. The van der Waals surface area contributed by atoms with Crippen LogP contribution in [0.4, 0.5) is 23.2 Å². The van der Waals surface area contributed by atoms with Crippen molar-refractivity contribution in [3.63, 3.8) is 0 Å². The maximum Gasteiger partial charge on any atom is 0.253 e. The molecule has 0 spiro atoms. The van der Waals surface area contributed by atoms with Gasteiger partial charge in [0.05, 0.1) is 4.90 Å². The highest BCUT2D eigenvalue weighted by molar-refractivity contribution is 7.89. The summed E-state index contributed by atoms with van der Waals surface area (Å²) < 4.78 is 81.0. The molecule has 0 saturated carbocycles. The van der Waals surface area contributed by atoms with Crippen LogP contribution in [0.3, 0.4) is 0 Å². The molecule has 10 heteroatoms. The predicted octanol–water partition coefficient (Wildman–Crippen LogP) is 2.54. The van der Waals surface area contributed by atoms with E-state index in [9.17, 15) is 26.0 Å². The summed E-state index contributed by atoms with van der Waals surface area (Å²) in [5, 5.41) is 0. The Kier molecular flexibility index (Phi) is 5.15. The molecule has 1 aliphatic heterocycles. The predicted molar refractivity (Wildman–Crippen MR) is 86.1 cm³/mol. The van der Waals surface area contributed by atoms with E-state index in [1.807, 2.05) is 0 Å². The number of aromatic nitrogens is 1. The van der Waals surface area contributed by atoms with Gasteiger partial charge < -0.3 is 4.90 Å². The molecule has 1 fully saturated rings. The van der Waals surface area contributed by atoms with Crippen molar-refractivity contribution in [3.8, 4) is 0 Å². The monoisotopic (exact) mass is 389 g/mol. The van der Waals surface area contributed by atoms with Crippen molar-refractivity contribution in [2.75, 3.05) is 31.1 Å². The van der Waals surface area contributed by atoms with E-state index in [4.69, 9.17) is 0 Å². The van der Waals surface area contributed by atoms with Gasteiger partial charge >= 0.3 is 0 Å². The first-order valence-electron chi connectivity index (χ1n) is 7.82. The first-order valence-corrected chi connectivity index (χ1v) is 9.26. The Morgan fingerprint density at radius 1 is 0.846 bits per heavy atom. The average molecular weight is 389 g/mol. The summed E-state index contributed by atoms with van der Waals surface area (Å²) in [7, 11) is -3.77. The first-order chi connectivity index (χ1) is 12.3. The Bertz CT molecular complexity index is 883. The van der Waals surface area contributed by atoms with Gasteiger partial charge in [0.1, 0.15) is 5.69 Å². The minimum Gasteiger partial charge on any atom is -0.365 e. The highest BCUT2D eigenvalue weighted by Crippen LogP contribution is 2.28. The lowest BCUT2D eigenvalue weighted by Gasteiger charge is -2.24. The normalized spacial score (nSPS) is 16.5. The summed E-state index contributed by atoms with van der Waals surface area (Å²) in [5.41, 5.74) is -0.867. The zero-order valence-corrected chi connectivity index (χ0v) is 14.3. The number of sulfonamides is 1. The van der Waals surface area contributed by atoms with Crippen molar-refractivity contribution in [3.05, 3.63) is 53.9 Å². The van der Waals surface area contributed by atoms with E-state index in [0.29, 0.717) is 0 Å². The highest BCUT2D eigenvalue weighted by Gasteiger charge is 2.30. The number of hydrogen-bond acceptors (Lipinski definition) is 4. The van der Waals surface area contributed by atoms with Crippen LogP contribution in [0.15, 0.2) is 35.2 Å². The molecule has 0 radical (unpaired) electrons. The number of pyridine rings is 1. The number of hydrogen-bond donors (Lipinski definition) is 0. The van der Waals surface area contributed by atoms with Gasteiger partial charge in [-0.1, -0.05) is 18.2 Å². The van der Waals surface area contributed by atoms with Gasteiger partial charge in [-0.05, 0) is 18.6 Å². The molecule has 0 atom stereocenters. The van der Waals surface area contributed by atoms with E-state index in [-0.39, 0.29) is 37.5 Å². The van der Waals surface area contributed by atoms with Crippen molar-refractivity contribution in [1.29, 1.82) is 0 Å². The Morgan fingerprint density at radius 2 is 1.46 bits per heavy atom. The maximum atomic E-state index is 13.9. The summed E-state index contributed by atoms with van der Waals surface area (Å²) in [6.07, 6.45) is 0.233. The molecule has 5 nitrogen and oxygen atoms in total. The van der Waals surface area contributed by atoms with Crippen LogP contribution in [-0.2, 0) is 10.0 Å². The van der Waals surface area contributed by atoms with E-state index in [2.05, 4.69) is 4.98 Å². The number of nitrogens with zero attached hydrogens (tertiary/aromatic N) is 3. The van der Waals surface area contributed by atoms with Gasteiger partial charge in [-0.2, -0.15) is 26.9 Å². The van der Waals surface area contributed by atoms with E-state index < -0.39 is 39.2 Å². The van der Waals surface area contributed by atoms with E-state index >= 15 is 0 Å². The van der Waals surface area contributed by atoms with Crippen molar-refractivity contribution in [1.82, 2.24) is 9.29 Å². The number of benzene rings is 1. The molecule has 1 aromatic heterocycles. The highest BCUT2D eigenvalue weighted by atomic mass is 32.2. The standard InChI is InChI=1S/C16H15F4N3O2S/c17-12-14(13(18)16(20)21-15(12)19)22-7-4-8-23(10-9-22)26(24,25)11-5-2-1-3-6-11/h1-3,5-6H,4,7-10H2. The number of anilines is 1. The zero-order chi connectivity index (χ0) is 18.9. The topological polar surface area (TPSA) is 53.5 Å². The fraction of sp³-hybridized carbons (Fsp3) is 0.312. The van der Waals surface area contributed by atoms with Gasteiger partial charge in [-0.15, -0.1) is 0 Å². The molecule has 140 valence electrons. The number of rotatable bonds is 3. The molecule has 2 heterocycles. The van der Waals surface area contributed by atoms with Gasteiger partial charge in [0.2, 0.25) is 21.7 Å². The first kappa shape index (κ1) is 18.6. The summed E-state index contributed by atoms with van der Waals surface area (Å²) in [6.45, 7) is -0.0466. The van der Waals surface area contributed by atoms with Crippen LogP contribution < -0.4 is 4.90 Å². The SMILES string of the molecule is O=S(=O)(c1ccccc1)N1CCCN(c2c(F)c(F)nc(F)c2F)CC1. The Balaban J connectivity index is 1.86. The third kappa shape index (κ3) is 3.38. The van der Waals surface area contributed by atoms with Crippen LogP contribution >= 0.6 is 0 Å². The van der Waals surface area contributed by atoms with Gasteiger partial charge in [0.25, 0.3) is 11.9 Å². The van der Waals surface area contributed by atoms with Crippen molar-refractivity contribution in [2.24, 2.45) is 0 Å². The van der Waals surface area contributed by atoms with Gasteiger partial charge in [0, 0.05) is 26.2 Å². The Hall–Kier alpha value is -2.20. The second-order valence-electron chi connectivity index (χ2n) is 5.73. The summed E-state index contributed by atoms with van der Waals surface area (Å²) >= 11 is 0. The lowest BCUT2D eigenvalue weighted by atomic mass is 10.3. The van der Waals surface area contributed by atoms with Gasteiger partial charge in [-0.25, -0.2) is 8.42 Å². The molecule has 0 unspecified atom stereocenters. The molecular formula is C16H15F4N3O2S. The average Bonchev–Trinajstić information content (AvgIpc) is 2.88. The third-order valence-corrected chi connectivity index (χ3v) is 6.04. The largest absolute Gasteiger partial charge is 0.365 e. The zero-order valence-electron chi connectivity index (χ0n) is 13.5. The molecule has 0 amide bonds. The smallest absolute Gasteiger partial charge is 0.253 e. The second kappa shape index (κ2) is 7.20. The van der Waals surface area contributed by atoms with Crippen LogP contribution in [0.5, 0.6) is 0 Å². The van der Waals surface area contributed by atoms with Crippen LogP contribution in [0.25, 0.3) is 0 Å². The minimum atomic E-state index is -3.77. The lowest BCUT2D eigenvalue weighted by Crippen LogP contribution is -2.35. The quantitative estimate of drug-likeness (QED) is 0.598. The van der Waals surface area contributed by atoms with Gasteiger partial charge in [-0.3, -0.25) is 0 Å². The molecule has 0 bridgehead atoms. The third-order valence-electron chi connectivity index (χ3n) is 4.13. The molecule has 0 N–H and O–H groups in total. The summed E-state index contributed by atoms with van der Waals surface area (Å²) in [6, 6.07) is 7.76. The van der Waals surface area contributed by atoms with Gasteiger partial charge in [0.15, 0.2) is 0 Å². The Labute approximate surface area is 147 Å². The second-order valence-corrected chi connectivity index (χ2v) is 7.67. The maximum absolute atomic E-state index is 13.9. The fourth-order valence-electron chi connectivity index (χ4n) is 2.85. The molecule has 1 saturated heterocycles. The van der Waals surface area contributed by atoms with Crippen molar-refractivity contribution >= 4 is 15.7 Å². The molecule has 1 aliphatic rings. The van der Waals surface area contributed by atoms with E-state index in [0.717, 1.165) is 4.90 Å². The van der Waals surface area contributed by atoms with Crippen LogP contribution in [-0.4, -0.2) is 43.9 Å². The lowest BCUT2D eigenvalue weighted by molar-refractivity contribution is 0.405. The molecular weight excluding hydrogens is 374 g/mol. The molecule has 26 heavy (non-hydrogen) atoms. The molecule has 3 rings (SSSR count). The fourth-order valence-corrected chi connectivity index (χ4v) is 4.34. The van der Waals surface area contributed by atoms with Crippen molar-refractivity contribution < 1.29 is 26.0 Å². The molecule has 0 aliphatic carbocycles. The number of halogens is 4. The summed E-state index contributed by atoms with van der Waals surface area (Å²) in [4.78, 5) is 3.73. The van der Waals surface area contributed by atoms with Crippen LogP contribution in [0, 0.1) is 23.5 Å². The van der Waals surface area contributed by atoms with E-state index in [1.165, 1.54) is 16.4 Å². The molecule has 1 aromatic carbocycles. The van der Waals surface area contributed by atoms with Crippen molar-refractivity contribution in [2.45, 2.75) is 11.3 Å². The minimum absolute atomic E-state index is 0.0392. The van der Waals surface area contributed by atoms with Crippen LogP contribution in [0.2, 0.25) is 0 Å². The van der Waals surface area contributed by atoms with Crippen LogP contribution in [0.1, 0.15) is 6.42 Å². The summed E-state index contributed by atoms with van der Waals surface area (Å²) in [5.74, 6) is -6.67. The van der Waals surface area contributed by atoms with E-state index in [1.54, 1.807) is 18.2 Å². The molecule has 2 aromatic rings.